The molecule has 0 saturated heterocycles. The molecule has 0 spiro atoms. The summed E-state index contributed by atoms with van der Waals surface area (Å²) in [7, 11) is 0. The highest BCUT2D eigenvalue weighted by Gasteiger charge is 2.31. The van der Waals surface area contributed by atoms with E-state index in [1.165, 1.54) is 0 Å². The van der Waals surface area contributed by atoms with Crippen LogP contribution in [0.5, 0.6) is 0 Å². The minimum Gasteiger partial charge on any atom is -0.315 e. The van der Waals surface area contributed by atoms with Gasteiger partial charge in [-0.1, -0.05) is 30.3 Å². The van der Waals surface area contributed by atoms with Crippen LogP contribution in [0.1, 0.15) is 5.56 Å². The SMILES string of the molecule is SC1(c2ccccc2)N=NCO1. The highest BCUT2D eigenvalue weighted by Crippen LogP contribution is 2.34. The number of nitrogens with zero attached hydrogens (tertiary/aromatic N) is 2. The lowest BCUT2D eigenvalue weighted by atomic mass is 10.2. The van der Waals surface area contributed by atoms with Crippen molar-refractivity contribution in [1.82, 2.24) is 0 Å². The number of azo groups is 1. The van der Waals surface area contributed by atoms with E-state index in [1.807, 2.05) is 30.3 Å². The van der Waals surface area contributed by atoms with Crippen LogP contribution in [0, 0.1) is 0 Å². The molecule has 0 bridgehead atoms. The summed E-state index contributed by atoms with van der Waals surface area (Å²) in [6.07, 6.45) is 0. The Balaban J connectivity index is 2.36. The molecule has 0 N–H and O–H groups in total. The van der Waals surface area contributed by atoms with Crippen molar-refractivity contribution >= 4 is 12.6 Å². The molecule has 4 heteroatoms. The number of hydrogen-bond donors (Lipinski definition) is 1. The molecule has 12 heavy (non-hydrogen) atoms. The highest BCUT2D eigenvalue weighted by atomic mass is 32.1. The van der Waals surface area contributed by atoms with Crippen molar-refractivity contribution in [3.05, 3.63) is 35.9 Å². The first-order valence-electron chi connectivity index (χ1n) is 3.62. The van der Waals surface area contributed by atoms with E-state index in [9.17, 15) is 0 Å². The third kappa shape index (κ3) is 1.23. The fraction of sp³-hybridized carbons (Fsp3) is 0.250. The van der Waals surface area contributed by atoms with E-state index in [4.69, 9.17) is 4.74 Å². The highest BCUT2D eigenvalue weighted by molar-refractivity contribution is 7.81. The lowest BCUT2D eigenvalue weighted by Crippen LogP contribution is -2.15. The molecular formula is C8H8N2OS. The Labute approximate surface area is 75.9 Å². The van der Waals surface area contributed by atoms with Crippen molar-refractivity contribution in [2.24, 2.45) is 10.2 Å². The fourth-order valence-corrected chi connectivity index (χ4v) is 1.34. The number of ether oxygens (including phenoxy) is 1. The summed E-state index contributed by atoms with van der Waals surface area (Å²) in [5.74, 6) is 0. The Kier molecular flexibility index (Phi) is 1.86. The van der Waals surface area contributed by atoms with Crippen molar-refractivity contribution in [1.29, 1.82) is 0 Å². The summed E-state index contributed by atoms with van der Waals surface area (Å²) >= 11 is 4.29. The molecule has 1 aromatic carbocycles. The van der Waals surface area contributed by atoms with E-state index in [1.54, 1.807) is 0 Å². The van der Waals surface area contributed by atoms with Gasteiger partial charge >= 0.3 is 0 Å². The van der Waals surface area contributed by atoms with Gasteiger partial charge in [0.05, 0.1) is 0 Å². The van der Waals surface area contributed by atoms with E-state index in [0.717, 1.165) is 5.56 Å². The standard InChI is InChI=1S/C8H8N2OS/c12-8(10-9-6-11-8)7-4-2-1-3-5-7/h1-5,12H,6H2. The van der Waals surface area contributed by atoms with Gasteiger partial charge in [-0.05, 0) is 0 Å². The predicted molar refractivity (Wildman–Crippen MR) is 47.9 cm³/mol. The van der Waals surface area contributed by atoms with E-state index < -0.39 is 5.06 Å². The molecule has 62 valence electrons. The third-order valence-corrected chi connectivity index (χ3v) is 2.16. The van der Waals surface area contributed by atoms with Crippen LogP contribution in [-0.4, -0.2) is 6.73 Å². The van der Waals surface area contributed by atoms with Crippen molar-refractivity contribution in [2.75, 3.05) is 6.73 Å². The molecule has 0 aromatic heterocycles. The quantitative estimate of drug-likeness (QED) is 0.660. The summed E-state index contributed by atoms with van der Waals surface area (Å²) in [5, 5.41) is 6.78. The molecule has 0 saturated carbocycles. The van der Waals surface area contributed by atoms with Crippen LogP contribution in [0.25, 0.3) is 0 Å². The Hall–Kier alpha value is -0.870. The molecule has 0 radical (unpaired) electrons. The number of hydrogen-bond acceptors (Lipinski definition) is 4. The molecular weight excluding hydrogens is 172 g/mol. The normalized spacial score (nSPS) is 27.8. The first kappa shape index (κ1) is 7.76. The molecule has 0 aliphatic carbocycles. The van der Waals surface area contributed by atoms with Gasteiger partial charge in [-0.2, -0.15) is 5.11 Å². The second kappa shape index (κ2) is 2.88. The van der Waals surface area contributed by atoms with Gasteiger partial charge in [0, 0.05) is 5.56 Å². The zero-order valence-electron chi connectivity index (χ0n) is 6.34. The first-order chi connectivity index (χ1) is 5.81. The fourth-order valence-electron chi connectivity index (χ4n) is 1.07. The van der Waals surface area contributed by atoms with Crippen molar-refractivity contribution in [2.45, 2.75) is 5.06 Å². The maximum atomic E-state index is 5.26. The molecule has 3 nitrogen and oxygen atoms in total. The maximum absolute atomic E-state index is 5.26. The zero-order valence-corrected chi connectivity index (χ0v) is 7.24. The van der Waals surface area contributed by atoms with Crippen LogP contribution >= 0.6 is 12.6 Å². The largest absolute Gasteiger partial charge is 0.315 e. The lowest BCUT2D eigenvalue weighted by molar-refractivity contribution is 0.0726. The summed E-state index contributed by atoms with van der Waals surface area (Å²) in [6, 6.07) is 9.61. The van der Waals surface area contributed by atoms with Crippen LogP contribution in [0.15, 0.2) is 40.6 Å². The summed E-state index contributed by atoms with van der Waals surface area (Å²) in [5.41, 5.74) is 0.912. The molecule has 1 unspecified atom stereocenters. The first-order valence-corrected chi connectivity index (χ1v) is 4.06. The molecule has 0 fully saturated rings. The van der Waals surface area contributed by atoms with Crippen molar-refractivity contribution in [3.8, 4) is 0 Å². The van der Waals surface area contributed by atoms with Crippen LogP contribution < -0.4 is 0 Å². The van der Waals surface area contributed by atoms with Crippen LogP contribution in [0.4, 0.5) is 0 Å². The minimum absolute atomic E-state index is 0.290. The van der Waals surface area contributed by atoms with Gasteiger partial charge in [-0.25, -0.2) is 0 Å². The molecule has 1 aliphatic heterocycles. The second-order valence-electron chi connectivity index (χ2n) is 2.49. The molecule has 1 aliphatic rings. The summed E-state index contributed by atoms with van der Waals surface area (Å²) in [6.45, 7) is 0.290. The average Bonchev–Trinajstić information content (AvgIpc) is 2.55. The van der Waals surface area contributed by atoms with Gasteiger partial charge in [0.25, 0.3) is 5.06 Å². The Bertz CT molecular complexity index is 301. The van der Waals surface area contributed by atoms with Crippen molar-refractivity contribution in [3.63, 3.8) is 0 Å². The second-order valence-corrected chi connectivity index (χ2v) is 3.10. The van der Waals surface area contributed by atoms with E-state index in [0.29, 0.717) is 6.73 Å². The Morgan fingerprint density at radius 1 is 1.33 bits per heavy atom. The topological polar surface area (TPSA) is 34.0 Å². The predicted octanol–water partition coefficient (Wildman–Crippen LogP) is 2.17. The molecule has 1 aromatic rings. The monoisotopic (exact) mass is 180 g/mol. The van der Waals surface area contributed by atoms with E-state index >= 15 is 0 Å². The average molecular weight is 180 g/mol. The molecule has 2 rings (SSSR count). The van der Waals surface area contributed by atoms with Crippen LogP contribution in [0.2, 0.25) is 0 Å². The van der Waals surface area contributed by atoms with Gasteiger partial charge in [0.15, 0.2) is 6.73 Å². The Morgan fingerprint density at radius 3 is 2.67 bits per heavy atom. The van der Waals surface area contributed by atoms with Crippen molar-refractivity contribution < 1.29 is 4.74 Å². The van der Waals surface area contributed by atoms with Gasteiger partial charge < -0.3 is 4.74 Å². The third-order valence-electron chi connectivity index (χ3n) is 1.68. The molecule has 1 heterocycles. The van der Waals surface area contributed by atoms with Gasteiger partial charge in [0.1, 0.15) is 0 Å². The number of thiol groups is 1. The summed E-state index contributed by atoms with van der Waals surface area (Å²) < 4.78 is 5.26. The van der Waals surface area contributed by atoms with Gasteiger partial charge in [0.2, 0.25) is 0 Å². The lowest BCUT2D eigenvalue weighted by Gasteiger charge is -2.16. The minimum atomic E-state index is -0.860. The maximum Gasteiger partial charge on any atom is 0.252 e. The number of rotatable bonds is 1. The van der Waals surface area contributed by atoms with Crippen LogP contribution in [-0.2, 0) is 9.79 Å². The summed E-state index contributed by atoms with van der Waals surface area (Å²) in [4.78, 5) is 0. The Morgan fingerprint density at radius 2 is 2.08 bits per heavy atom. The van der Waals surface area contributed by atoms with Gasteiger partial charge in [-0.15, -0.1) is 17.7 Å². The van der Waals surface area contributed by atoms with E-state index in [-0.39, 0.29) is 0 Å². The zero-order chi connectivity index (χ0) is 8.44. The number of benzene rings is 1. The van der Waals surface area contributed by atoms with Gasteiger partial charge in [-0.3, -0.25) is 0 Å². The smallest absolute Gasteiger partial charge is 0.252 e. The molecule has 0 amide bonds. The van der Waals surface area contributed by atoms with E-state index in [2.05, 4.69) is 22.9 Å². The molecule has 1 atom stereocenters. The van der Waals surface area contributed by atoms with Crippen LogP contribution in [0.3, 0.4) is 0 Å².